The van der Waals surface area contributed by atoms with Crippen molar-refractivity contribution in [2.24, 2.45) is 5.92 Å². The van der Waals surface area contributed by atoms with Gasteiger partial charge >= 0.3 is 0 Å². The zero-order chi connectivity index (χ0) is 15.7. The van der Waals surface area contributed by atoms with Gasteiger partial charge in [0, 0.05) is 30.6 Å². The molecule has 21 heavy (non-hydrogen) atoms. The molecule has 0 atom stereocenters. The highest BCUT2D eigenvalue weighted by molar-refractivity contribution is 5.44. The van der Waals surface area contributed by atoms with E-state index in [1.807, 2.05) is 12.1 Å². The molecule has 116 valence electrons. The van der Waals surface area contributed by atoms with Crippen molar-refractivity contribution >= 4 is 0 Å². The summed E-state index contributed by atoms with van der Waals surface area (Å²) < 4.78 is 5.46. The van der Waals surface area contributed by atoms with E-state index in [0.717, 1.165) is 36.5 Å². The zero-order valence-electron chi connectivity index (χ0n) is 13.6. The third-order valence-electron chi connectivity index (χ3n) is 3.21. The Kier molecular flexibility index (Phi) is 7.89. The number of rotatable bonds is 7. The van der Waals surface area contributed by atoms with Gasteiger partial charge in [0.2, 0.25) is 0 Å². The van der Waals surface area contributed by atoms with Gasteiger partial charge in [-0.25, -0.2) is 0 Å². The molecule has 0 saturated carbocycles. The molecule has 0 aliphatic carbocycles. The van der Waals surface area contributed by atoms with Crippen LogP contribution in [0, 0.1) is 17.8 Å². The third-order valence-corrected chi connectivity index (χ3v) is 3.21. The molecule has 0 aliphatic rings. The fourth-order valence-electron chi connectivity index (χ4n) is 2.26. The lowest BCUT2D eigenvalue weighted by molar-refractivity contribution is 0.244. The summed E-state index contributed by atoms with van der Waals surface area (Å²) in [6, 6.07) is 6.03. The smallest absolute Gasteiger partial charge is 0.123 e. The summed E-state index contributed by atoms with van der Waals surface area (Å²) in [6.45, 7) is 9.70. The first kappa shape index (κ1) is 17.6. The zero-order valence-corrected chi connectivity index (χ0v) is 13.6. The predicted octanol–water partition coefficient (Wildman–Crippen LogP) is 2.91. The summed E-state index contributed by atoms with van der Waals surface area (Å²) in [5.74, 6) is 7.60. The van der Waals surface area contributed by atoms with Crippen LogP contribution in [-0.2, 0) is 6.54 Å². The summed E-state index contributed by atoms with van der Waals surface area (Å²) in [4.78, 5) is 2.41. The van der Waals surface area contributed by atoms with E-state index in [-0.39, 0.29) is 6.61 Å². The van der Waals surface area contributed by atoms with Crippen molar-refractivity contribution in [3.63, 3.8) is 0 Å². The maximum atomic E-state index is 8.79. The van der Waals surface area contributed by atoms with Gasteiger partial charge in [0.25, 0.3) is 0 Å². The standard InChI is InChI=1S/C18H27NO2/c1-5-19(13-15(2)3)14-17-12-16(8-6-7-11-20)9-10-18(17)21-4/h9-10,12,15,20H,5,7,11,13-14H2,1-4H3. The Morgan fingerprint density at radius 2 is 2.10 bits per heavy atom. The highest BCUT2D eigenvalue weighted by Crippen LogP contribution is 2.21. The number of aliphatic hydroxyl groups is 1. The van der Waals surface area contributed by atoms with Crippen molar-refractivity contribution < 1.29 is 9.84 Å². The number of nitrogens with zero attached hydrogens (tertiary/aromatic N) is 1. The molecular weight excluding hydrogens is 262 g/mol. The molecule has 1 aromatic rings. The van der Waals surface area contributed by atoms with Gasteiger partial charge in [-0.3, -0.25) is 4.90 Å². The minimum Gasteiger partial charge on any atom is -0.496 e. The summed E-state index contributed by atoms with van der Waals surface area (Å²) in [5.41, 5.74) is 2.13. The molecule has 0 bridgehead atoms. The second-order valence-corrected chi connectivity index (χ2v) is 5.52. The first-order chi connectivity index (χ1) is 10.1. The Morgan fingerprint density at radius 3 is 2.67 bits per heavy atom. The van der Waals surface area contributed by atoms with Gasteiger partial charge in [0.1, 0.15) is 5.75 Å². The number of benzene rings is 1. The van der Waals surface area contributed by atoms with Gasteiger partial charge in [-0.15, -0.1) is 0 Å². The van der Waals surface area contributed by atoms with Crippen LogP contribution in [-0.4, -0.2) is 36.8 Å². The Bertz CT molecular complexity index is 486. The van der Waals surface area contributed by atoms with Crippen LogP contribution in [0.1, 0.15) is 38.3 Å². The van der Waals surface area contributed by atoms with E-state index >= 15 is 0 Å². The average molecular weight is 289 g/mol. The van der Waals surface area contributed by atoms with Crippen molar-refractivity contribution in [1.29, 1.82) is 0 Å². The molecule has 0 aromatic heterocycles. The first-order valence-corrected chi connectivity index (χ1v) is 7.59. The summed E-state index contributed by atoms with van der Waals surface area (Å²) in [6.07, 6.45) is 0.510. The summed E-state index contributed by atoms with van der Waals surface area (Å²) in [5, 5.41) is 8.79. The van der Waals surface area contributed by atoms with E-state index in [1.54, 1.807) is 7.11 Å². The normalized spacial score (nSPS) is 10.6. The minimum absolute atomic E-state index is 0.105. The molecule has 1 N–H and O–H groups in total. The van der Waals surface area contributed by atoms with Crippen LogP contribution in [0.25, 0.3) is 0 Å². The number of hydrogen-bond donors (Lipinski definition) is 1. The average Bonchev–Trinajstić information content (AvgIpc) is 2.46. The Morgan fingerprint density at radius 1 is 1.33 bits per heavy atom. The lowest BCUT2D eigenvalue weighted by Crippen LogP contribution is -2.27. The highest BCUT2D eigenvalue weighted by Gasteiger charge is 2.10. The molecule has 0 aliphatic heterocycles. The number of aliphatic hydroxyl groups excluding tert-OH is 1. The van der Waals surface area contributed by atoms with Crippen LogP contribution >= 0.6 is 0 Å². The largest absolute Gasteiger partial charge is 0.496 e. The van der Waals surface area contributed by atoms with Crippen molar-refractivity contribution in [2.45, 2.75) is 33.7 Å². The van der Waals surface area contributed by atoms with Crippen LogP contribution in [0.3, 0.4) is 0 Å². The predicted molar refractivity (Wildman–Crippen MR) is 87.4 cm³/mol. The van der Waals surface area contributed by atoms with E-state index in [2.05, 4.69) is 43.6 Å². The second-order valence-electron chi connectivity index (χ2n) is 5.52. The molecule has 0 unspecified atom stereocenters. The molecule has 3 nitrogen and oxygen atoms in total. The van der Waals surface area contributed by atoms with Crippen molar-refractivity contribution in [1.82, 2.24) is 4.90 Å². The van der Waals surface area contributed by atoms with Gasteiger partial charge in [-0.05, 0) is 30.7 Å². The Labute approximate surface area is 128 Å². The summed E-state index contributed by atoms with van der Waals surface area (Å²) >= 11 is 0. The van der Waals surface area contributed by atoms with E-state index in [9.17, 15) is 0 Å². The van der Waals surface area contributed by atoms with Crippen LogP contribution in [0.4, 0.5) is 0 Å². The molecule has 1 aromatic carbocycles. The topological polar surface area (TPSA) is 32.7 Å². The van der Waals surface area contributed by atoms with Crippen molar-refractivity contribution in [3.8, 4) is 17.6 Å². The number of hydrogen-bond acceptors (Lipinski definition) is 3. The molecular formula is C18H27NO2. The summed E-state index contributed by atoms with van der Waals surface area (Å²) in [7, 11) is 1.70. The van der Waals surface area contributed by atoms with Crippen molar-refractivity contribution in [3.05, 3.63) is 29.3 Å². The molecule has 0 radical (unpaired) electrons. The third kappa shape index (κ3) is 6.20. The van der Waals surface area contributed by atoms with Crippen molar-refractivity contribution in [2.75, 3.05) is 26.8 Å². The lowest BCUT2D eigenvalue weighted by atomic mass is 10.1. The highest BCUT2D eigenvalue weighted by atomic mass is 16.5. The van der Waals surface area contributed by atoms with Gasteiger partial charge in [0.05, 0.1) is 13.7 Å². The molecule has 0 amide bonds. The van der Waals surface area contributed by atoms with Crippen LogP contribution in [0.15, 0.2) is 18.2 Å². The van der Waals surface area contributed by atoms with Gasteiger partial charge in [-0.1, -0.05) is 32.6 Å². The van der Waals surface area contributed by atoms with Crippen LogP contribution in [0.5, 0.6) is 5.75 Å². The lowest BCUT2D eigenvalue weighted by Gasteiger charge is -2.23. The molecule has 0 heterocycles. The fraction of sp³-hybridized carbons (Fsp3) is 0.556. The fourth-order valence-corrected chi connectivity index (χ4v) is 2.26. The first-order valence-electron chi connectivity index (χ1n) is 7.59. The molecule has 0 spiro atoms. The second kappa shape index (κ2) is 9.44. The molecule has 0 saturated heterocycles. The Hall–Kier alpha value is -1.50. The maximum absolute atomic E-state index is 8.79. The van der Waals surface area contributed by atoms with Crippen LogP contribution in [0.2, 0.25) is 0 Å². The molecule has 3 heteroatoms. The number of methoxy groups -OCH3 is 1. The van der Waals surface area contributed by atoms with Gasteiger partial charge < -0.3 is 9.84 Å². The monoisotopic (exact) mass is 289 g/mol. The maximum Gasteiger partial charge on any atom is 0.123 e. The van der Waals surface area contributed by atoms with Gasteiger partial charge in [-0.2, -0.15) is 0 Å². The van der Waals surface area contributed by atoms with E-state index in [4.69, 9.17) is 9.84 Å². The minimum atomic E-state index is 0.105. The molecule has 1 rings (SSSR count). The van der Waals surface area contributed by atoms with E-state index in [0.29, 0.717) is 12.3 Å². The van der Waals surface area contributed by atoms with Crippen LogP contribution < -0.4 is 4.74 Å². The van der Waals surface area contributed by atoms with Gasteiger partial charge in [0.15, 0.2) is 0 Å². The van der Waals surface area contributed by atoms with E-state index < -0.39 is 0 Å². The Balaban J connectivity index is 2.92. The SMILES string of the molecule is CCN(Cc1cc(C#CCCO)ccc1OC)CC(C)C. The molecule has 0 fully saturated rings. The quantitative estimate of drug-likeness (QED) is 0.783. The number of ether oxygens (including phenoxy) is 1. The van der Waals surface area contributed by atoms with E-state index in [1.165, 1.54) is 0 Å².